The fourth-order valence-corrected chi connectivity index (χ4v) is 4.42. The fraction of sp³-hybridized carbons (Fsp3) is 0.600. The van der Waals surface area contributed by atoms with Gasteiger partial charge in [0.25, 0.3) is 0 Å². The number of carbonyl (C=O) groups is 2. The summed E-state index contributed by atoms with van der Waals surface area (Å²) in [7, 11) is 1.33. The van der Waals surface area contributed by atoms with Gasteiger partial charge in [-0.2, -0.15) is 0 Å². The summed E-state index contributed by atoms with van der Waals surface area (Å²) in [5, 5.41) is 10.7. The number of ether oxygens (including phenoxy) is 1. The smallest absolute Gasteiger partial charge is 0.409 e. The van der Waals surface area contributed by atoms with Crippen molar-refractivity contribution in [2.24, 2.45) is 0 Å². The van der Waals surface area contributed by atoms with Crippen LogP contribution < -0.4 is 0 Å². The molecule has 0 unspecified atom stereocenters. The molecule has 7 nitrogen and oxygen atoms in total. The molecular weight excluding hydrogens is 417 g/mol. The van der Waals surface area contributed by atoms with Crippen LogP contribution in [-0.2, 0) is 16.0 Å². The highest BCUT2D eigenvalue weighted by atomic mass is 35.5. The van der Waals surface area contributed by atoms with Crippen molar-refractivity contribution in [3.05, 3.63) is 33.8 Å². The first-order valence-corrected chi connectivity index (χ1v) is 10.6. The molecule has 2 fully saturated rings. The van der Waals surface area contributed by atoms with Gasteiger partial charge < -0.3 is 19.6 Å². The summed E-state index contributed by atoms with van der Waals surface area (Å²) in [6, 6.07) is 4.52. The summed E-state index contributed by atoms with van der Waals surface area (Å²) >= 11 is 12.1. The van der Waals surface area contributed by atoms with Crippen molar-refractivity contribution in [3.8, 4) is 0 Å². The number of aliphatic hydroxyl groups is 1. The molecule has 2 saturated heterocycles. The van der Waals surface area contributed by atoms with E-state index in [4.69, 9.17) is 27.9 Å². The van der Waals surface area contributed by atoms with E-state index in [2.05, 4.69) is 4.90 Å². The molecule has 1 aromatic rings. The number of carbonyl (C=O) groups excluding carboxylic acids is 2. The Balaban J connectivity index is 1.78. The summed E-state index contributed by atoms with van der Waals surface area (Å²) in [6.45, 7) is 3.05. The molecule has 3 rings (SSSR count). The van der Waals surface area contributed by atoms with Crippen LogP contribution in [0, 0.1) is 0 Å². The van der Waals surface area contributed by atoms with Crippen LogP contribution in [0.2, 0.25) is 10.0 Å². The Morgan fingerprint density at radius 1 is 1.10 bits per heavy atom. The largest absolute Gasteiger partial charge is 0.453 e. The molecule has 0 saturated carbocycles. The SMILES string of the molecule is COC(=O)N1C[C@@H](CN2CCCC2)N(C(=O)Cc2ccc(Cl)c(Cl)c2)C[C@H]1CO. The number of halogens is 2. The van der Waals surface area contributed by atoms with Gasteiger partial charge in [-0.05, 0) is 43.6 Å². The maximum atomic E-state index is 13.2. The lowest BCUT2D eigenvalue weighted by molar-refractivity contribution is -0.138. The second kappa shape index (κ2) is 9.98. The van der Waals surface area contributed by atoms with Crippen LogP contribution in [0.1, 0.15) is 18.4 Å². The van der Waals surface area contributed by atoms with Crippen molar-refractivity contribution in [1.82, 2.24) is 14.7 Å². The number of benzene rings is 1. The minimum atomic E-state index is -0.491. The first-order valence-electron chi connectivity index (χ1n) is 9.84. The molecule has 2 amide bonds. The van der Waals surface area contributed by atoms with Gasteiger partial charge in [0.2, 0.25) is 5.91 Å². The van der Waals surface area contributed by atoms with Crippen LogP contribution >= 0.6 is 23.2 Å². The predicted molar refractivity (Wildman–Crippen MR) is 111 cm³/mol. The number of piperazine rings is 1. The fourth-order valence-electron chi connectivity index (χ4n) is 4.10. The van der Waals surface area contributed by atoms with E-state index in [1.165, 1.54) is 12.0 Å². The summed E-state index contributed by atoms with van der Waals surface area (Å²) in [6.07, 6.45) is 1.99. The van der Waals surface area contributed by atoms with E-state index < -0.39 is 12.1 Å². The van der Waals surface area contributed by atoms with Crippen molar-refractivity contribution in [1.29, 1.82) is 0 Å². The van der Waals surface area contributed by atoms with E-state index >= 15 is 0 Å². The van der Waals surface area contributed by atoms with Gasteiger partial charge in [0, 0.05) is 19.6 Å². The van der Waals surface area contributed by atoms with Crippen molar-refractivity contribution < 1.29 is 19.4 Å². The number of likely N-dealkylation sites (tertiary alicyclic amines) is 1. The van der Waals surface area contributed by atoms with Crippen LogP contribution in [-0.4, -0.2) is 90.3 Å². The normalized spacial score (nSPS) is 22.8. The molecule has 2 aliphatic rings. The van der Waals surface area contributed by atoms with Gasteiger partial charge in [0.15, 0.2) is 0 Å². The van der Waals surface area contributed by atoms with Gasteiger partial charge in [-0.25, -0.2) is 4.79 Å². The van der Waals surface area contributed by atoms with Gasteiger partial charge in [-0.15, -0.1) is 0 Å². The van der Waals surface area contributed by atoms with Crippen LogP contribution in [0.3, 0.4) is 0 Å². The van der Waals surface area contributed by atoms with Crippen molar-refractivity contribution in [3.63, 3.8) is 0 Å². The number of methoxy groups -OCH3 is 1. The first kappa shape index (κ1) is 22.2. The number of hydrogen-bond donors (Lipinski definition) is 1. The highest BCUT2D eigenvalue weighted by Crippen LogP contribution is 2.24. The van der Waals surface area contributed by atoms with Gasteiger partial charge >= 0.3 is 6.09 Å². The summed E-state index contributed by atoms with van der Waals surface area (Å²) in [5.74, 6) is -0.0597. The maximum absolute atomic E-state index is 13.2. The molecular formula is C20H27Cl2N3O4. The van der Waals surface area contributed by atoms with Gasteiger partial charge in [0.1, 0.15) is 0 Å². The Morgan fingerprint density at radius 2 is 1.79 bits per heavy atom. The quantitative estimate of drug-likeness (QED) is 0.755. The molecule has 0 bridgehead atoms. The second-order valence-electron chi connectivity index (χ2n) is 7.59. The Bertz CT molecular complexity index is 742. The van der Waals surface area contributed by atoms with Crippen LogP contribution in [0.15, 0.2) is 18.2 Å². The van der Waals surface area contributed by atoms with E-state index in [0.29, 0.717) is 23.1 Å². The van der Waals surface area contributed by atoms with E-state index in [0.717, 1.165) is 31.5 Å². The van der Waals surface area contributed by atoms with Crippen LogP contribution in [0.4, 0.5) is 4.79 Å². The average molecular weight is 444 g/mol. The molecule has 160 valence electrons. The van der Waals surface area contributed by atoms with Gasteiger partial charge in [-0.3, -0.25) is 9.69 Å². The third-order valence-corrected chi connectivity index (χ3v) is 6.38. The van der Waals surface area contributed by atoms with Gasteiger partial charge in [-0.1, -0.05) is 29.3 Å². The Morgan fingerprint density at radius 3 is 2.41 bits per heavy atom. The monoisotopic (exact) mass is 443 g/mol. The van der Waals surface area contributed by atoms with Gasteiger partial charge in [0.05, 0.1) is 42.3 Å². The highest BCUT2D eigenvalue weighted by Gasteiger charge is 2.39. The Labute approximate surface area is 181 Å². The Kier molecular flexibility index (Phi) is 7.62. The lowest BCUT2D eigenvalue weighted by Gasteiger charge is -2.46. The number of nitrogens with zero attached hydrogens (tertiary/aromatic N) is 3. The maximum Gasteiger partial charge on any atom is 0.409 e. The molecule has 0 aromatic heterocycles. The van der Waals surface area contributed by atoms with E-state index in [9.17, 15) is 14.7 Å². The molecule has 2 heterocycles. The van der Waals surface area contributed by atoms with E-state index in [1.54, 1.807) is 23.1 Å². The molecule has 2 aliphatic heterocycles. The third-order valence-electron chi connectivity index (χ3n) is 5.64. The topological polar surface area (TPSA) is 73.3 Å². The predicted octanol–water partition coefficient (Wildman–Crippen LogP) is 2.27. The number of hydrogen-bond acceptors (Lipinski definition) is 5. The molecule has 0 aliphatic carbocycles. The average Bonchev–Trinajstić information content (AvgIpc) is 3.22. The minimum Gasteiger partial charge on any atom is -0.453 e. The summed E-state index contributed by atoms with van der Waals surface area (Å²) in [4.78, 5) is 31.0. The highest BCUT2D eigenvalue weighted by molar-refractivity contribution is 6.42. The molecule has 29 heavy (non-hydrogen) atoms. The number of aliphatic hydroxyl groups excluding tert-OH is 1. The molecule has 1 aromatic carbocycles. The van der Waals surface area contributed by atoms with Crippen molar-refractivity contribution >= 4 is 35.2 Å². The number of amides is 2. The molecule has 0 radical (unpaired) electrons. The number of rotatable bonds is 5. The van der Waals surface area contributed by atoms with Crippen LogP contribution in [0.5, 0.6) is 0 Å². The summed E-state index contributed by atoms with van der Waals surface area (Å²) in [5.41, 5.74) is 0.778. The minimum absolute atomic E-state index is 0.0597. The zero-order valence-corrected chi connectivity index (χ0v) is 18.0. The molecule has 0 spiro atoms. The van der Waals surface area contributed by atoms with Crippen LogP contribution in [0.25, 0.3) is 0 Å². The molecule has 1 N–H and O–H groups in total. The summed E-state index contributed by atoms with van der Waals surface area (Å²) < 4.78 is 4.89. The molecule has 2 atom stereocenters. The van der Waals surface area contributed by atoms with Crippen molar-refractivity contribution in [2.75, 3.05) is 46.4 Å². The first-order chi connectivity index (χ1) is 13.9. The third kappa shape index (κ3) is 5.34. The Hall–Kier alpha value is -1.54. The zero-order chi connectivity index (χ0) is 21.0. The van der Waals surface area contributed by atoms with E-state index in [-0.39, 0.29) is 31.5 Å². The lowest BCUT2D eigenvalue weighted by Crippen LogP contribution is -2.64. The van der Waals surface area contributed by atoms with E-state index in [1.807, 2.05) is 0 Å². The second-order valence-corrected chi connectivity index (χ2v) is 8.41. The lowest BCUT2D eigenvalue weighted by atomic mass is 10.0. The van der Waals surface area contributed by atoms with Crippen molar-refractivity contribution in [2.45, 2.75) is 31.3 Å². The zero-order valence-electron chi connectivity index (χ0n) is 16.5. The molecule has 9 heteroatoms. The standard InChI is InChI=1S/C20H27Cl2N3O4/c1-29-20(28)25-11-15(10-23-6-2-3-7-23)24(12-16(25)13-26)19(27)9-14-4-5-17(21)18(22)8-14/h4-5,8,15-16,26H,2-3,6-7,9-13H2,1H3/t15-,16+/m1/s1.